The van der Waals surface area contributed by atoms with E-state index in [-0.39, 0.29) is 17.9 Å². The van der Waals surface area contributed by atoms with Crippen LogP contribution in [-0.2, 0) is 0 Å². The maximum absolute atomic E-state index is 12.2. The molecule has 0 atom stereocenters. The molecule has 18 heavy (non-hydrogen) atoms. The second-order valence-electron chi connectivity index (χ2n) is 3.63. The van der Waals surface area contributed by atoms with Gasteiger partial charge in [-0.1, -0.05) is 18.2 Å². The lowest BCUT2D eigenvalue weighted by Gasteiger charge is -2.12. The Morgan fingerprint density at radius 1 is 1.56 bits per heavy atom. The standard InChI is InChI=1S/C12H12BrF2NO2/c1-7(2)6-16-11(17)10-8(13)4-3-5-9(10)18-12(14)15/h3-5,12H,1,6H2,2H3,(H,16,17). The van der Waals surface area contributed by atoms with Crippen LogP contribution in [0.2, 0.25) is 0 Å². The summed E-state index contributed by atoms with van der Waals surface area (Å²) < 4.78 is 29.1. The molecule has 0 heterocycles. The first kappa shape index (κ1) is 14.6. The summed E-state index contributed by atoms with van der Waals surface area (Å²) in [5.74, 6) is -0.667. The Balaban J connectivity index is 2.97. The molecule has 0 fully saturated rings. The SMILES string of the molecule is C=C(C)CNC(=O)c1c(Br)cccc1OC(F)F. The van der Waals surface area contributed by atoms with Crippen molar-refractivity contribution in [3.8, 4) is 5.75 Å². The molecular weight excluding hydrogens is 308 g/mol. The van der Waals surface area contributed by atoms with Gasteiger partial charge in [0.05, 0.1) is 5.56 Å². The van der Waals surface area contributed by atoms with E-state index in [2.05, 4.69) is 32.6 Å². The van der Waals surface area contributed by atoms with Crippen molar-refractivity contribution in [1.29, 1.82) is 0 Å². The Morgan fingerprint density at radius 3 is 2.78 bits per heavy atom. The first-order chi connectivity index (χ1) is 8.41. The third-order valence-corrected chi connectivity index (χ3v) is 2.63. The molecular formula is C12H12BrF2NO2. The molecule has 1 amide bonds. The molecule has 0 radical (unpaired) electrons. The number of nitrogens with one attached hydrogen (secondary N) is 1. The molecule has 3 nitrogen and oxygen atoms in total. The Bertz CT molecular complexity index is 463. The molecule has 98 valence electrons. The monoisotopic (exact) mass is 319 g/mol. The fourth-order valence-corrected chi connectivity index (χ4v) is 1.77. The summed E-state index contributed by atoms with van der Waals surface area (Å²) in [5, 5.41) is 2.56. The van der Waals surface area contributed by atoms with E-state index in [9.17, 15) is 13.6 Å². The highest BCUT2D eigenvalue weighted by molar-refractivity contribution is 9.10. The maximum Gasteiger partial charge on any atom is 0.387 e. The number of amides is 1. The summed E-state index contributed by atoms with van der Waals surface area (Å²) in [5.41, 5.74) is 0.797. The number of hydrogen-bond donors (Lipinski definition) is 1. The van der Waals surface area contributed by atoms with Crippen molar-refractivity contribution in [3.63, 3.8) is 0 Å². The van der Waals surface area contributed by atoms with E-state index in [0.29, 0.717) is 4.47 Å². The molecule has 0 spiro atoms. The molecule has 6 heteroatoms. The Kier molecular flexibility index (Phi) is 5.27. The average Bonchev–Trinajstić information content (AvgIpc) is 2.25. The van der Waals surface area contributed by atoms with Gasteiger partial charge in [0, 0.05) is 11.0 Å². The molecule has 1 N–H and O–H groups in total. The second-order valence-corrected chi connectivity index (χ2v) is 4.49. The average molecular weight is 320 g/mol. The molecule has 0 saturated heterocycles. The van der Waals surface area contributed by atoms with E-state index in [1.165, 1.54) is 12.1 Å². The third kappa shape index (κ3) is 4.10. The van der Waals surface area contributed by atoms with Gasteiger partial charge in [-0.2, -0.15) is 8.78 Å². The van der Waals surface area contributed by atoms with Gasteiger partial charge in [-0.05, 0) is 35.0 Å². The highest BCUT2D eigenvalue weighted by Gasteiger charge is 2.18. The number of carbonyl (C=O) groups excluding carboxylic acids is 1. The topological polar surface area (TPSA) is 38.3 Å². The molecule has 0 aliphatic rings. The predicted octanol–water partition coefficient (Wildman–Crippen LogP) is 3.36. The first-order valence-electron chi connectivity index (χ1n) is 5.07. The maximum atomic E-state index is 12.2. The van der Waals surface area contributed by atoms with Crippen LogP contribution in [0.4, 0.5) is 8.78 Å². The molecule has 0 saturated carbocycles. The number of hydrogen-bond acceptors (Lipinski definition) is 2. The van der Waals surface area contributed by atoms with Crippen LogP contribution in [-0.4, -0.2) is 19.1 Å². The summed E-state index contributed by atoms with van der Waals surface area (Å²) >= 11 is 3.14. The second kappa shape index (κ2) is 6.49. The van der Waals surface area contributed by atoms with Crippen LogP contribution in [0, 0.1) is 0 Å². The van der Waals surface area contributed by atoms with Gasteiger partial charge >= 0.3 is 6.61 Å². The van der Waals surface area contributed by atoms with E-state index >= 15 is 0 Å². The Morgan fingerprint density at radius 2 is 2.22 bits per heavy atom. The minimum atomic E-state index is -2.98. The quantitative estimate of drug-likeness (QED) is 0.845. The molecule has 0 aliphatic carbocycles. The largest absolute Gasteiger partial charge is 0.434 e. The lowest BCUT2D eigenvalue weighted by molar-refractivity contribution is -0.0502. The van der Waals surface area contributed by atoms with Crippen LogP contribution in [0.25, 0.3) is 0 Å². The summed E-state index contributed by atoms with van der Waals surface area (Å²) in [6.07, 6.45) is 0. The zero-order valence-electron chi connectivity index (χ0n) is 9.67. The summed E-state index contributed by atoms with van der Waals surface area (Å²) in [6, 6.07) is 4.40. The molecule has 0 aliphatic heterocycles. The van der Waals surface area contributed by atoms with Crippen molar-refractivity contribution in [2.75, 3.05) is 6.54 Å². The van der Waals surface area contributed by atoms with Crippen molar-refractivity contribution in [2.45, 2.75) is 13.5 Å². The van der Waals surface area contributed by atoms with Crippen LogP contribution in [0.1, 0.15) is 17.3 Å². The van der Waals surface area contributed by atoms with Crippen LogP contribution in [0.15, 0.2) is 34.8 Å². The highest BCUT2D eigenvalue weighted by Crippen LogP contribution is 2.27. The van der Waals surface area contributed by atoms with Crippen LogP contribution in [0.3, 0.4) is 0 Å². The van der Waals surface area contributed by atoms with Crippen molar-refractivity contribution < 1.29 is 18.3 Å². The molecule has 1 aromatic rings. The number of carbonyl (C=O) groups is 1. The van der Waals surface area contributed by atoms with Crippen LogP contribution >= 0.6 is 15.9 Å². The Hall–Kier alpha value is -1.43. The number of rotatable bonds is 5. The van der Waals surface area contributed by atoms with Crippen molar-refractivity contribution >= 4 is 21.8 Å². The fourth-order valence-electron chi connectivity index (χ4n) is 1.24. The normalized spacial score (nSPS) is 10.3. The van der Waals surface area contributed by atoms with Crippen molar-refractivity contribution in [3.05, 3.63) is 40.4 Å². The van der Waals surface area contributed by atoms with E-state index in [1.807, 2.05) is 0 Å². The molecule has 0 aromatic heterocycles. The van der Waals surface area contributed by atoms with Crippen molar-refractivity contribution in [1.82, 2.24) is 5.32 Å². The smallest absolute Gasteiger partial charge is 0.387 e. The molecule has 1 rings (SSSR count). The van der Waals surface area contributed by atoms with E-state index < -0.39 is 12.5 Å². The van der Waals surface area contributed by atoms with Gasteiger partial charge in [-0.15, -0.1) is 0 Å². The van der Waals surface area contributed by atoms with Gasteiger partial charge in [0.1, 0.15) is 5.75 Å². The highest BCUT2D eigenvalue weighted by atomic mass is 79.9. The third-order valence-electron chi connectivity index (χ3n) is 1.97. The first-order valence-corrected chi connectivity index (χ1v) is 5.87. The van der Waals surface area contributed by atoms with Crippen LogP contribution in [0.5, 0.6) is 5.75 Å². The van der Waals surface area contributed by atoms with E-state index in [1.54, 1.807) is 13.0 Å². The summed E-state index contributed by atoms with van der Waals surface area (Å²) in [7, 11) is 0. The molecule has 0 bridgehead atoms. The minimum absolute atomic E-state index is 0.0408. The lowest BCUT2D eigenvalue weighted by atomic mass is 10.2. The number of ether oxygens (including phenoxy) is 1. The molecule has 1 aromatic carbocycles. The van der Waals surface area contributed by atoms with Crippen molar-refractivity contribution in [2.24, 2.45) is 0 Å². The number of halogens is 3. The lowest BCUT2D eigenvalue weighted by Crippen LogP contribution is -2.26. The van der Waals surface area contributed by atoms with E-state index in [4.69, 9.17) is 0 Å². The van der Waals surface area contributed by atoms with Gasteiger partial charge in [-0.25, -0.2) is 0 Å². The minimum Gasteiger partial charge on any atom is -0.434 e. The predicted molar refractivity (Wildman–Crippen MR) is 67.9 cm³/mol. The van der Waals surface area contributed by atoms with Crippen LogP contribution < -0.4 is 10.1 Å². The van der Waals surface area contributed by atoms with Gasteiger partial charge in [-0.3, -0.25) is 4.79 Å². The fraction of sp³-hybridized carbons (Fsp3) is 0.250. The van der Waals surface area contributed by atoms with E-state index in [0.717, 1.165) is 5.57 Å². The van der Waals surface area contributed by atoms with Gasteiger partial charge in [0.2, 0.25) is 0 Å². The Labute approximate surface area is 112 Å². The zero-order chi connectivity index (χ0) is 13.7. The molecule has 0 unspecified atom stereocenters. The number of alkyl halides is 2. The summed E-state index contributed by atoms with van der Waals surface area (Å²) in [6.45, 7) is 2.68. The van der Waals surface area contributed by atoms with Gasteiger partial charge < -0.3 is 10.1 Å². The van der Waals surface area contributed by atoms with Gasteiger partial charge in [0.15, 0.2) is 0 Å². The van der Waals surface area contributed by atoms with Gasteiger partial charge in [0.25, 0.3) is 5.91 Å². The number of benzene rings is 1. The summed E-state index contributed by atoms with van der Waals surface area (Å²) in [4.78, 5) is 11.9. The zero-order valence-corrected chi connectivity index (χ0v) is 11.3.